The van der Waals surface area contributed by atoms with Crippen molar-refractivity contribution in [3.8, 4) is 0 Å². The lowest BCUT2D eigenvalue weighted by atomic mass is 10.0. The highest BCUT2D eigenvalue weighted by Gasteiger charge is 2.16. The minimum absolute atomic E-state index is 0.0324. The number of rotatable bonds is 11. The van der Waals surface area contributed by atoms with Gasteiger partial charge in [0.25, 0.3) is 0 Å². The zero-order chi connectivity index (χ0) is 21.9. The first-order valence-corrected chi connectivity index (χ1v) is 11.6. The van der Waals surface area contributed by atoms with Gasteiger partial charge in [-0.15, -0.1) is 0 Å². The van der Waals surface area contributed by atoms with E-state index in [1.54, 1.807) is 0 Å². The number of carbonyl (C=O) groups is 2. The van der Waals surface area contributed by atoms with Gasteiger partial charge in [-0.2, -0.15) is 0 Å². The molecule has 3 rings (SSSR count). The molecule has 0 saturated carbocycles. The number of aryl methyl sites for hydroxylation is 1. The van der Waals surface area contributed by atoms with E-state index < -0.39 is 0 Å². The lowest BCUT2D eigenvalue weighted by Crippen LogP contribution is -2.46. The van der Waals surface area contributed by atoms with Gasteiger partial charge in [0, 0.05) is 56.8 Å². The molecule has 2 aromatic carbocycles. The fraction of sp³-hybridized carbons (Fsp3) is 0.462. The van der Waals surface area contributed by atoms with Gasteiger partial charge in [-0.3, -0.25) is 14.5 Å². The SMILES string of the molecule is CCc1ccc(C(=O)CCC(=O)NCCCCN2CCN(c3ccccc3)CC2)cc1. The van der Waals surface area contributed by atoms with Crippen LogP contribution in [-0.2, 0) is 11.2 Å². The molecule has 1 fully saturated rings. The van der Waals surface area contributed by atoms with Crippen LogP contribution in [0.4, 0.5) is 5.69 Å². The molecule has 0 bridgehead atoms. The van der Waals surface area contributed by atoms with Crippen molar-refractivity contribution in [3.05, 3.63) is 65.7 Å². The highest BCUT2D eigenvalue weighted by Crippen LogP contribution is 2.15. The molecule has 5 heteroatoms. The third kappa shape index (κ3) is 7.51. The molecule has 1 aliphatic rings. The maximum atomic E-state index is 12.2. The summed E-state index contributed by atoms with van der Waals surface area (Å²) < 4.78 is 0. The summed E-state index contributed by atoms with van der Waals surface area (Å²) >= 11 is 0. The van der Waals surface area contributed by atoms with Crippen LogP contribution in [0, 0.1) is 0 Å². The Morgan fingerprint density at radius 1 is 0.871 bits per heavy atom. The van der Waals surface area contributed by atoms with Gasteiger partial charge in [-0.25, -0.2) is 0 Å². The summed E-state index contributed by atoms with van der Waals surface area (Å²) in [6.45, 7) is 8.15. The molecule has 166 valence electrons. The largest absolute Gasteiger partial charge is 0.369 e. The quantitative estimate of drug-likeness (QED) is 0.441. The van der Waals surface area contributed by atoms with E-state index in [0.29, 0.717) is 12.1 Å². The fourth-order valence-electron chi connectivity index (χ4n) is 3.94. The van der Waals surface area contributed by atoms with Crippen LogP contribution in [0.15, 0.2) is 54.6 Å². The maximum Gasteiger partial charge on any atom is 0.220 e. The average molecular weight is 422 g/mol. The van der Waals surface area contributed by atoms with Gasteiger partial charge in [-0.05, 0) is 43.5 Å². The maximum absolute atomic E-state index is 12.2. The molecule has 1 heterocycles. The Morgan fingerprint density at radius 3 is 2.26 bits per heavy atom. The van der Waals surface area contributed by atoms with Crippen LogP contribution in [0.25, 0.3) is 0 Å². The number of piperazine rings is 1. The molecule has 0 aromatic heterocycles. The minimum Gasteiger partial charge on any atom is -0.369 e. The first-order valence-electron chi connectivity index (χ1n) is 11.6. The number of ketones is 1. The zero-order valence-electron chi connectivity index (χ0n) is 18.7. The van der Waals surface area contributed by atoms with Crippen molar-refractivity contribution in [1.29, 1.82) is 0 Å². The highest BCUT2D eigenvalue weighted by atomic mass is 16.2. The van der Waals surface area contributed by atoms with E-state index in [1.807, 2.05) is 24.3 Å². The Bertz CT molecular complexity index is 812. The van der Waals surface area contributed by atoms with E-state index in [4.69, 9.17) is 0 Å². The fourth-order valence-corrected chi connectivity index (χ4v) is 3.94. The second kappa shape index (κ2) is 12.3. The topological polar surface area (TPSA) is 52.7 Å². The number of hydrogen-bond acceptors (Lipinski definition) is 4. The third-order valence-corrected chi connectivity index (χ3v) is 5.98. The molecule has 0 atom stereocenters. The number of nitrogens with zero attached hydrogens (tertiary/aromatic N) is 2. The van der Waals surface area contributed by atoms with Gasteiger partial charge in [0.05, 0.1) is 0 Å². The van der Waals surface area contributed by atoms with E-state index in [9.17, 15) is 9.59 Å². The first kappa shape index (κ1) is 23.0. The number of amides is 1. The minimum atomic E-state index is -0.0324. The van der Waals surface area contributed by atoms with Crippen LogP contribution in [0.5, 0.6) is 0 Å². The monoisotopic (exact) mass is 421 g/mol. The number of anilines is 1. The number of nitrogens with one attached hydrogen (secondary N) is 1. The van der Waals surface area contributed by atoms with Crippen molar-refractivity contribution in [2.24, 2.45) is 0 Å². The molecule has 0 unspecified atom stereocenters. The molecule has 0 spiro atoms. The highest BCUT2D eigenvalue weighted by molar-refractivity contribution is 5.97. The van der Waals surface area contributed by atoms with Gasteiger partial charge >= 0.3 is 0 Å². The number of carbonyl (C=O) groups excluding carboxylic acids is 2. The Hall–Kier alpha value is -2.66. The predicted molar refractivity (Wildman–Crippen MR) is 127 cm³/mol. The van der Waals surface area contributed by atoms with E-state index in [-0.39, 0.29) is 24.5 Å². The van der Waals surface area contributed by atoms with Crippen molar-refractivity contribution in [2.75, 3.05) is 44.2 Å². The molecule has 1 aliphatic heterocycles. The summed E-state index contributed by atoms with van der Waals surface area (Å²) in [5.41, 5.74) is 3.21. The molecular weight excluding hydrogens is 386 g/mol. The number of Topliss-reactive ketones (excluding diaryl/α,β-unsaturated/α-hetero) is 1. The van der Waals surface area contributed by atoms with Crippen LogP contribution in [0.3, 0.4) is 0 Å². The molecule has 31 heavy (non-hydrogen) atoms. The van der Waals surface area contributed by atoms with Crippen molar-refractivity contribution < 1.29 is 9.59 Å². The van der Waals surface area contributed by atoms with Crippen LogP contribution in [0.2, 0.25) is 0 Å². The third-order valence-electron chi connectivity index (χ3n) is 5.98. The van der Waals surface area contributed by atoms with Gasteiger partial charge in [0.1, 0.15) is 0 Å². The number of para-hydroxylation sites is 1. The van der Waals surface area contributed by atoms with Crippen molar-refractivity contribution >= 4 is 17.4 Å². The summed E-state index contributed by atoms with van der Waals surface area (Å²) in [6.07, 6.45) is 3.53. The first-order chi connectivity index (χ1) is 15.2. The van der Waals surface area contributed by atoms with Crippen LogP contribution in [-0.4, -0.2) is 55.9 Å². The molecule has 0 aliphatic carbocycles. The van der Waals surface area contributed by atoms with Crippen molar-refractivity contribution in [2.45, 2.75) is 39.0 Å². The predicted octanol–water partition coefficient (Wildman–Crippen LogP) is 3.93. The zero-order valence-corrected chi connectivity index (χ0v) is 18.7. The van der Waals surface area contributed by atoms with E-state index in [1.165, 1.54) is 11.3 Å². The van der Waals surface area contributed by atoms with E-state index in [0.717, 1.165) is 52.0 Å². The van der Waals surface area contributed by atoms with Crippen molar-refractivity contribution in [1.82, 2.24) is 10.2 Å². The standard InChI is InChI=1S/C26H35N3O2/c1-2-22-10-12-23(13-11-22)25(30)14-15-26(31)27-16-6-7-17-28-18-20-29(21-19-28)24-8-4-3-5-9-24/h3-5,8-13H,2,6-7,14-21H2,1H3,(H,27,31). The van der Waals surface area contributed by atoms with Gasteiger partial charge in [-0.1, -0.05) is 49.4 Å². The summed E-state index contributed by atoms with van der Waals surface area (Å²) in [6, 6.07) is 18.3. The van der Waals surface area contributed by atoms with Crippen LogP contribution < -0.4 is 10.2 Å². The van der Waals surface area contributed by atoms with Crippen LogP contribution in [0.1, 0.15) is 48.5 Å². The number of unbranched alkanes of at least 4 members (excludes halogenated alkanes) is 1. The lowest BCUT2D eigenvalue weighted by molar-refractivity contribution is -0.121. The smallest absolute Gasteiger partial charge is 0.220 e. The molecule has 1 N–H and O–H groups in total. The Morgan fingerprint density at radius 2 is 1.58 bits per heavy atom. The second-order valence-electron chi connectivity index (χ2n) is 8.19. The van der Waals surface area contributed by atoms with Crippen molar-refractivity contribution in [3.63, 3.8) is 0 Å². The Balaban J connectivity index is 1.23. The second-order valence-corrected chi connectivity index (χ2v) is 8.19. The average Bonchev–Trinajstić information content (AvgIpc) is 2.83. The molecule has 1 saturated heterocycles. The molecular formula is C26H35N3O2. The normalized spacial score (nSPS) is 14.4. The summed E-state index contributed by atoms with van der Waals surface area (Å²) in [5, 5.41) is 2.96. The molecule has 1 amide bonds. The number of benzene rings is 2. The number of hydrogen-bond donors (Lipinski definition) is 1. The molecule has 2 aromatic rings. The Labute approximate surface area is 186 Å². The molecule has 0 radical (unpaired) electrons. The Kier molecular flexibility index (Phi) is 9.10. The van der Waals surface area contributed by atoms with E-state index >= 15 is 0 Å². The van der Waals surface area contributed by atoms with Gasteiger partial charge in [0.2, 0.25) is 5.91 Å². The van der Waals surface area contributed by atoms with E-state index in [2.05, 4.69) is 52.4 Å². The summed E-state index contributed by atoms with van der Waals surface area (Å²) in [4.78, 5) is 29.2. The van der Waals surface area contributed by atoms with Crippen LogP contribution >= 0.6 is 0 Å². The summed E-state index contributed by atoms with van der Waals surface area (Å²) in [7, 11) is 0. The van der Waals surface area contributed by atoms with Gasteiger partial charge in [0.15, 0.2) is 5.78 Å². The summed E-state index contributed by atoms with van der Waals surface area (Å²) in [5.74, 6) is 0.00227. The lowest BCUT2D eigenvalue weighted by Gasteiger charge is -2.36. The van der Waals surface area contributed by atoms with Gasteiger partial charge < -0.3 is 10.2 Å². The molecule has 5 nitrogen and oxygen atoms in total.